The Kier molecular flexibility index (Phi) is 7.28. The van der Waals surface area contributed by atoms with E-state index >= 15 is 0 Å². The lowest BCUT2D eigenvalue weighted by Gasteiger charge is -2.18. The second-order valence-electron chi connectivity index (χ2n) is 8.72. The molecule has 186 valence electrons. The molecule has 2 N–H and O–H groups in total. The van der Waals surface area contributed by atoms with Crippen LogP contribution in [0.4, 0.5) is 19.0 Å². The minimum absolute atomic E-state index is 0.115. The van der Waals surface area contributed by atoms with E-state index < -0.39 is 35.9 Å². The Hall–Kier alpha value is -3.56. The Morgan fingerprint density at radius 2 is 2.00 bits per heavy atom. The summed E-state index contributed by atoms with van der Waals surface area (Å²) in [6.07, 6.45) is 2.40. The fourth-order valence-corrected chi connectivity index (χ4v) is 4.40. The number of nitrogens with one attached hydrogen (secondary N) is 1. The molecule has 0 bridgehead atoms. The van der Waals surface area contributed by atoms with Crippen LogP contribution >= 0.6 is 0 Å². The fourth-order valence-electron chi connectivity index (χ4n) is 4.40. The van der Waals surface area contributed by atoms with Gasteiger partial charge in [0.15, 0.2) is 0 Å². The van der Waals surface area contributed by atoms with Gasteiger partial charge in [-0.3, -0.25) is 13.9 Å². The van der Waals surface area contributed by atoms with Crippen molar-refractivity contribution in [2.75, 3.05) is 11.9 Å². The van der Waals surface area contributed by atoms with Gasteiger partial charge in [-0.15, -0.1) is 0 Å². The molecule has 0 saturated heterocycles. The van der Waals surface area contributed by atoms with Gasteiger partial charge in [0.05, 0.1) is 18.0 Å². The highest BCUT2D eigenvalue weighted by molar-refractivity contribution is 5.68. The summed E-state index contributed by atoms with van der Waals surface area (Å²) in [6.45, 7) is 1.27. The van der Waals surface area contributed by atoms with E-state index in [0.29, 0.717) is 19.4 Å². The Morgan fingerprint density at radius 3 is 2.77 bits per heavy atom. The zero-order chi connectivity index (χ0) is 25.0. The maximum atomic E-state index is 13.2. The summed E-state index contributed by atoms with van der Waals surface area (Å²) < 4.78 is 42.2. The first-order chi connectivity index (χ1) is 16.7. The average molecular weight is 489 g/mol. The maximum Gasteiger partial charge on any atom is 0.416 e. The van der Waals surface area contributed by atoms with E-state index in [0.717, 1.165) is 49.5 Å². The van der Waals surface area contributed by atoms with E-state index in [1.807, 2.05) is 6.07 Å². The molecule has 3 heterocycles. The lowest BCUT2D eigenvalue weighted by atomic mass is 10.0. The Labute approximate surface area is 200 Å². The first kappa shape index (κ1) is 24.6. The lowest BCUT2D eigenvalue weighted by molar-refractivity contribution is -0.138. The molecular weight excluding hydrogens is 461 g/mol. The SMILES string of the molecule is O=C(O)CC(c1cccc(C(F)(F)F)c1)n1ccn(CCCc2ccc3c(n2)NCCCC3)c1=O. The molecule has 0 spiro atoms. The first-order valence-electron chi connectivity index (χ1n) is 11.6. The molecule has 1 aromatic carbocycles. The number of benzene rings is 1. The van der Waals surface area contributed by atoms with Crippen LogP contribution in [-0.4, -0.2) is 31.7 Å². The number of aromatic nitrogens is 3. The molecule has 1 aliphatic heterocycles. The summed E-state index contributed by atoms with van der Waals surface area (Å²) >= 11 is 0. The van der Waals surface area contributed by atoms with Crippen LogP contribution in [0.15, 0.2) is 53.6 Å². The number of alkyl halides is 3. The first-order valence-corrected chi connectivity index (χ1v) is 11.6. The molecular formula is C25H27F3N4O3. The monoisotopic (exact) mass is 488 g/mol. The third kappa shape index (κ3) is 5.93. The van der Waals surface area contributed by atoms with Crippen molar-refractivity contribution >= 4 is 11.8 Å². The van der Waals surface area contributed by atoms with Gasteiger partial charge in [-0.2, -0.15) is 13.2 Å². The van der Waals surface area contributed by atoms with E-state index in [9.17, 15) is 27.9 Å². The number of carboxylic acids is 1. The number of aliphatic carboxylic acids is 1. The summed E-state index contributed by atoms with van der Waals surface area (Å²) in [7, 11) is 0. The third-order valence-corrected chi connectivity index (χ3v) is 6.21. The summed E-state index contributed by atoms with van der Waals surface area (Å²) in [6, 6.07) is 7.47. The highest BCUT2D eigenvalue weighted by atomic mass is 19.4. The van der Waals surface area contributed by atoms with Gasteiger partial charge in [0, 0.05) is 31.2 Å². The molecule has 3 aromatic rings. The van der Waals surface area contributed by atoms with Crippen LogP contribution in [0.2, 0.25) is 0 Å². The van der Waals surface area contributed by atoms with Crippen molar-refractivity contribution in [2.45, 2.75) is 57.3 Å². The summed E-state index contributed by atoms with van der Waals surface area (Å²) in [5.41, 5.74) is 0.881. The number of pyridine rings is 1. The van der Waals surface area contributed by atoms with Crippen molar-refractivity contribution in [3.05, 3.63) is 81.7 Å². The minimum atomic E-state index is -4.57. The van der Waals surface area contributed by atoms with Crippen LogP contribution in [0.1, 0.15) is 54.1 Å². The van der Waals surface area contributed by atoms with Crippen LogP contribution in [0, 0.1) is 0 Å². The molecule has 35 heavy (non-hydrogen) atoms. The van der Waals surface area contributed by atoms with Crippen LogP contribution in [0.3, 0.4) is 0 Å². The van der Waals surface area contributed by atoms with E-state index in [1.54, 1.807) is 0 Å². The summed E-state index contributed by atoms with van der Waals surface area (Å²) in [5, 5.41) is 12.7. The lowest BCUT2D eigenvalue weighted by Crippen LogP contribution is -2.29. The summed E-state index contributed by atoms with van der Waals surface area (Å²) in [5.74, 6) is -0.295. The molecule has 0 aliphatic carbocycles. The molecule has 0 saturated carbocycles. The fraction of sp³-hybridized carbons (Fsp3) is 0.400. The number of nitrogens with zero attached hydrogens (tertiary/aromatic N) is 3. The molecule has 7 nitrogen and oxygen atoms in total. The van der Waals surface area contributed by atoms with Crippen LogP contribution in [0.5, 0.6) is 0 Å². The van der Waals surface area contributed by atoms with Crippen LogP contribution in [0.25, 0.3) is 0 Å². The molecule has 1 aliphatic rings. The largest absolute Gasteiger partial charge is 0.481 e. The predicted molar refractivity (Wildman–Crippen MR) is 125 cm³/mol. The topological polar surface area (TPSA) is 89.2 Å². The van der Waals surface area contributed by atoms with Gasteiger partial charge >= 0.3 is 17.8 Å². The smallest absolute Gasteiger partial charge is 0.416 e. The number of imidazole rings is 1. The standard InChI is InChI=1S/C25H27F3N4O3/c26-25(27,28)19-7-3-6-18(15-19)21(16-22(33)34)32-14-13-31(24(32)35)12-4-8-20-10-9-17-5-1-2-11-29-23(17)30-20/h3,6-7,9-10,13-15,21H,1-2,4-5,8,11-12,16H2,(H,29,30)(H,33,34). The van der Waals surface area contributed by atoms with Crippen molar-refractivity contribution in [3.8, 4) is 0 Å². The highest BCUT2D eigenvalue weighted by Gasteiger charge is 2.31. The van der Waals surface area contributed by atoms with Gasteiger partial charge in [0.25, 0.3) is 0 Å². The molecule has 1 unspecified atom stereocenters. The second-order valence-corrected chi connectivity index (χ2v) is 8.72. The average Bonchev–Trinajstić information content (AvgIpc) is 3.02. The van der Waals surface area contributed by atoms with Crippen molar-refractivity contribution < 1.29 is 23.1 Å². The molecule has 0 amide bonds. The van der Waals surface area contributed by atoms with E-state index in [1.165, 1.54) is 39.2 Å². The number of hydrogen-bond acceptors (Lipinski definition) is 4. The Balaban J connectivity index is 1.49. The number of halogens is 3. The summed E-state index contributed by atoms with van der Waals surface area (Å²) in [4.78, 5) is 29.2. The van der Waals surface area contributed by atoms with Crippen molar-refractivity contribution in [3.63, 3.8) is 0 Å². The molecule has 0 fully saturated rings. The van der Waals surface area contributed by atoms with Gasteiger partial charge in [0.1, 0.15) is 5.82 Å². The Bertz CT molecular complexity index is 1250. The van der Waals surface area contributed by atoms with Crippen molar-refractivity contribution in [2.24, 2.45) is 0 Å². The van der Waals surface area contributed by atoms with Gasteiger partial charge in [-0.25, -0.2) is 9.78 Å². The number of rotatable bonds is 8. The number of aryl methyl sites for hydroxylation is 3. The zero-order valence-corrected chi connectivity index (χ0v) is 19.1. The highest BCUT2D eigenvalue weighted by Crippen LogP contribution is 2.32. The number of anilines is 1. The number of carboxylic acid groups (broad SMARTS) is 1. The Morgan fingerprint density at radius 1 is 1.17 bits per heavy atom. The van der Waals surface area contributed by atoms with Crippen molar-refractivity contribution in [1.82, 2.24) is 14.1 Å². The molecule has 10 heteroatoms. The number of hydrogen-bond donors (Lipinski definition) is 2. The van der Waals surface area contributed by atoms with Gasteiger partial charge in [-0.05, 0) is 61.4 Å². The van der Waals surface area contributed by atoms with E-state index in [4.69, 9.17) is 4.98 Å². The number of fused-ring (bicyclic) bond motifs is 1. The van der Waals surface area contributed by atoms with Gasteiger partial charge in [0.2, 0.25) is 0 Å². The minimum Gasteiger partial charge on any atom is -0.481 e. The van der Waals surface area contributed by atoms with Gasteiger partial charge < -0.3 is 10.4 Å². The van der Waals surface area contributed by atoms with Crippen molar-refractivity contribution in [1.29, 1.82) is 0 Å². The molecule has 1 atom stereocenters. The quantitative estimate of drug-likeness (QED) is 0.487. The van der Waals surface area contributed by atoms with Crippen LogP contribution in [-0.2, 0) is 30.4 Å². The maximum absolute atomic E-state index is 13.2. The third-order valence-electron chi connectivity index (χ3n) is 6.21. The van der Waals surface area contributed by atoms with E-state index in [2.05, 4.69) is 11.4 Å². The zero-order valence-electron chi connectivity index (χ0n) is 19.1. The molecule has 0 radical (unpaired) electrons. The second kappa shape index (κ2) is 10.4. The normalized spacial score (nSPS) is 14.6. The number of carbonyl (C=O) groups is 1. The van der Waals surface area contributed by atoms with Crippen LogP contribution < -0.4 is 11.0 Å². The molecule has 4 rings (SSSR count). The molecule has 2 aromatic heterocycles. The van der Waals surface area contributed by atoms with E-state index in [-0.39, 0.29) is 5.56 Å². The predicted octanol–water partition coefficient (Wildman–Crippen LogP) is 4.51. The van der Waals surface area contributed by atoms with Gasteiger partial charge in [-0.1, -0.05) is 18.2 Å².